The molecule has 0 aliphatic rings. The van der Waals surface area contributed by atoms with E-state index < -0.39 is 10.0 Å². The number of fused-ring (bicyclic) bond motifs is 1. The van der Waals surface area contributed by atoms with Gasteiger partial charge in [0.05, 0.1) is 15.1 Å². The van der Waals surface area contributed by atoms with Crippen LogP contribution in [0.3, 0.4) is 0 Å². The van der Waals surface area contributed by atoms with E-state index in [0.29, 0.717) is 10.7 Å². The Balaban J connectivity index is 1.81. The normalized spacial score (nSPS) is 12.1. The van der Waals surface area contributed by atoms with Gasteiger partial charge in [0.25, 0.3) is 5.91 Å². The minimum atomic E-state index is -3.57. The van der Waals surface area contributed by atoms with Crippen LogP contribution < -0.4 is 5.32 Å². The van der Waals surface area contributed by atoms with Crippen LogP contribution in [0, 0.1) is 13.8 Å². The van der Waals surface area contributed by atoms with E-state index in [1.807, 2.05) is 26.0 Å². The number of amides is 1. The molecule has 0 bridgehead atoms. The highest BCUT2D eigenvalue weighted by Gasteiger charge is 2.23. The second-order valence-electron chi connectivity index (χ2n) is 6.97. The Morgan fingerprint density at radius 1 is 1.11 bits per heavy atom. The van der Waals surface area contributed by atoms with Gasteiger partial charge in [-0.15, -0.1) is 0 Å². The first-order chi connectivity index (χ1) is 13.1. The zero-order chi connectivity index (χ0) is 20.6. The van der Waals surface area contributed by atoms with E-state index in [0.717, 1.165) is 21.3 Å². The molecule has 6 nitrogen and oxygen atoms in total. The number of rotatable bonds is 5. The Labute approximate surface area is 169 Å². The van der Waals surface area contributed by atoms with Crippen LogP contribution >= 0.6 is 11.3 Å². The SMILES string of the molecule is Cc1ccc2sc(NC(=O)c3ccc(S(=O)(=O)N(C)C(C)C)cc3)nc2c1C. The van der Waals surface area contributed by atoms with Gasteiger partial charge in [-0.05, 0) is 69.2 Å². The molecular weight excluding hydrogens is 394 g/mol. The Morgan fingerprint density at radius 2 is 1.75 bits per heavy atom. The molecule has 0 aliphatic heterocycles. The number of nitrogens with one attached hydrogen (secondary N) is 1. The lowest BCUT2D eigenvalue weighted by Gasteiger charge is -2.20. The summed E-state index contributed by atoms with van der Waals surface area (Å²) in [6.07, 6.45) is 0. The first kappa shape index (κ1) is 20.4. The number of sulfonamides is 1. The van der Waals surface area contributed by atoms with Gasteiger partial charge >= 0.3 is 0 Å². The molecule has 8 heteroatoms. The molecule has 0 saturated heterocycles. The Hall–Kier alpha value is -2.29. The third kappa shape index (κ3) is 3.80. The summed E-state index contributed by atoms with van der Waals surface area (Å²) in [7, 11) is -2.04. The largest absolute Gasteiger partial charge is 0.298 e. The van der Waals surface area contributed by atoms with E-state index in [4.69, 9.17) is 0 Å². The molecule has 3 aromatic rings. The van der Waals surface area contributed by atoms with Gasteiger partial charge in [-0.3, -0.25) is 10.1 Å². The molecule has 0 radical (unpaired) electrons. The first-order valence-electron chi connectivity index (χ1n) is 8.87. The Kier molecular flexibility index (Phi) is 5.56. The molecule has 3 rings (SSSR count). The van der Waals surface area contributed by atoms with Crippen molar-refractivity contribution in [2.24, 2.45) is 0 Å². The summed E-state index contributed by atoms with van der Waals surface area (Å²) in [5, 5.41) is 3.32. The third-order valence-corrected chi connectivity index (χ3v) is 7.81. The highest BCUT2D eigenvalue weighted by Crippen LogP contribution is 2.30. The maximum absolute atomic E-state index is 12.5. The Morgan fingerprint density at radius 3 is 2.36 bits per heavy atom. The molecule has 1 heterocycles. The van der Waals surface area contributed by atoms with Gasteiger partial charge in [0, 0.05) is 18.7 Å². The number of hydrogen-bond donors (Lipinski definition) is 1. The van der Waals surface area contributed by atoms with E-state index in [1.165, 1.54) is 47.0 Å². The molecule has 148 valence electrons. The van der Waals surface area contributed by atoms with E-state index in [9.17, 15) is 13.2 Å². The lowest BCUT2D eigenvalue weighted by atomic mass is 10.1. The standard InChI is InChI=1S/C20H23N3O3S2/c1-12(2)23(5)28(25,26)16-9-7-15(8-10-16)19(24)22-20-21-18-14(4)13(3)6-11-17(18)27-20/h6-12H,1-5H3,(H,21,22,24). The number of aryl methyl sites for hydroxylation is 2. The lowest BCUT2D eigenvalue weighted by Crippen LogP contribution is -2.33. The van der Waals surface area contributed by atoms with Gasteiger partial charge < -0.3 is 0 Å². The zero-order valence-electron chi connectivity index (χ0n) is 16.5. The number of nitrogens with zero attached hydrogens (tertiary/aromatic N) is 2. The van der Waals surface area contributed by atoms with Crippen LogP contribution in [0.4, 0.5) is 5.13 Å². The quantitative estimate of drug-likeness (QED) is 0.675. The monoisotopic (exact) mass is 417 g/mol. The topological polar surface area (TPSA) is 79.4 Å². The smallest absolute Gasteiger partial charge is 0.257 e. The maximum atomic E-state index is 12.5. The number of aromatic nitrogens is 1. The van der Waals surface area contributed by atoms with Crippen LogP contribution in [0.2, 0.25) is 0 Å². The molecule has 0 atom stereocenters. The summed E-state index contributed by atoms with van der Waals surface area (Å²) >= 11 is 1.41. The molecule has 0 fully saturated rings. The van der Waals surface area contributed by atoms with Gasteiger partial charge in [0.2, 0.25) is 10.0 Å². The van der Waals surface area contributed by atoms with Crippen molar-refractivity contribution in [3.05, 3.63) is 53.1 Å². The van der Waals surface area contributed by atoms with Crippen molar-refractivity contribution < 1.29 is 13.2 Å². The van der Waals surface area contributed by atoms with Crippen LogP contribution in [0.15, 0.2) is 41.3 Å². The van der Waals surface area contributed by atoms with Gasteiger partial charge in [-0.25, -0.2) is 13.4 Å². The van der Waals surface area contributed by atoms with E-state index in [1.54, 1.807) is 13.8 Å². The van der Waals surface area contributed by atoms with Gasteiger partial charge in [-0.2, -0.15) is 4.31 Å². The van der Waals surface area contributed by atoms with Crippen LogP contribution in [0.5, 0.6) is 0 Å². The van der Waals surface area contributed by atoms with Crippen molar-refractivity contribution in [1.82, 2.24) is 9.29 Å². The fraction of sp³-hybridized carbons (Fsp3) is 0.300. The number of carbonyl (C=O) groups is 1. The van der Waals surface area contributed by atoms with E-state index in [2.05, 4.69) is 10.3 Å². The van der Waals surface area contributed by atoms with Gasteiger partial charge in [-0.1, -0.05) is 17.4 Å². The molecular formula is C20H23N3O3S2. The highest BCUT2D eigenvalue weighted by molar-refractivity contribution is 7.89. The molecule has 0 unspecified atom stereocenters. The second kappa shape index (κ2) is 7.62. The summed E-state index contributed by atoms with van der Waals surface area (Å²) in [6.45, 7) is 7.65. The van der Waals surface area contributed by atoms with Crippen LogP contribution in [0.1, 0.15) is 35.3 Å². The predicted octanol–water partition coefficient (Wildman–Crippen LogP) is 4.19. The number of hydrogen-bond acceptors (Lipinski definition) is 5. The van der Waals surface area contributed by atoms with Crippen molar-refractivity contribution in [2.45, 2.75) is 38.6 Å². The molecule has 0 aliphatic carbocycles. The fourth-order valence-corrected chi connectivity index (χ4v) is 4.96. The van der Waals surface area contributed by atoms with Gasteiger partial charge in [0.15, 0.2) is 5.13 Å². The average Bonchev–Trinajstić information content (AvgIpc) is 3.07. The van der Waals surface area contributed by atoms with Crippen molar-refractivity contribution in [1.29, 1.82) is 0 Å². The van der Waals surface area contributed by atoms with Crippen molar-refractivity contribution in [3.63, 3.8) is 0 Å². The van der Waals surface area contributed by atoms with Crippen molar-refractivity contribution in [2.75, 3.05) is 12.4 Å². The summed E-state index contributed by atoms with van der Waals surface area (Å²) < 4.78 is 27.4. The lowest BCUT2D eigenvalue weighted by molar-refractivity contribution is 0.102. The number of benzene rings is 2. The molecule has 1 N–H and O–H groups in total. The van der Waals surface area contributed by atoms with Gasteiger partial charge in [0.1, 0.15) is 0 Å². The van der Waals surface area contributed by atoms with E-state index in [-0.39, 0.29) is 16.8 Å². The van der Waals surface area contributed by atoms with Crippen LogP contribution in [-0.2, 0) is 10.0 Å². The molecule has 1 amide bonds. The highest BCUT2D eigenvalue weighted by atomic mass is 32.2. The molecule has 1 aromatic heterocycles. The summed E-state index contributed by atoms with van der Waals surface area (Å²) in [5.41, 5.74) is 3.51. The minimum absolute atomic E-state index is 0.154. The fourth-order valence-electron chi connectivity index (χ4n) is 2.67. The molecule has 28 heavy (non-hydrogen) atoms. The average molecular weight is 418 g/mol. The number of thiazole rings is 1. The predicted molar refractivity (Wildman–Crippen MR) is 114 cm³/mol. The third-order valence-electron chi connectivity index (χ3n) is 4.83. The first-order valence-corrected chi connectivity index (χ1v) is 11.1. The van der Waals surface area contributed by atoms with Crippen LogP contribution in [0.25, 0.3) is 10.2 Å². The summed E-state index contributed by atoms with van der Waals surface area (Å²) in [6, 6.07) is 9.81. The number of carbonyl (C=O) groups excluding carboxylic acids is 1. The molecule has 0 spiro atoms. The van der Waals surface area contributed by atoms with E-state index >= 15 is 0 Å². The molecule has 0 saturated carbocycles. The minimum Gasteiger partial charge on any atom is -0.298 e. The number of anilines is 1. The summed E-state index contributed by atoms with van der Waals surface area (Å²) in [5.74, 6) is -0.324. The summed E-state index contributed by atoms with van der Waals surface area (Å²) in [4.78, 5) is 17.2. The van der Waals surface area contributed by atoms with Crippen molar-refractivity contribution >= 4 is 42.6 Å². The zero-order valence-corrected chi connectivity index (χ0v) is 18.1. The van der Waals surface area contributed by atoms with Crippen molar-refractivity contribution in [3.8, 4) is 0 Å². The molecule has 2 aromatic carbocycles. The maximum Gasteiger partial charge on any atom is 0.257 e. The second-order valence-corrected chi connectivity index (χ2v) is 9.99. The van der Waals surface area contributed by atoms with Crippen LogP contribution in [-0.4, -0.2) is 36.7 Å². The Bertz CT molecular complexity index is 1130.